The second-order valence-corrected chi connectivity index (χ2v) is 15.3. The standard InChI is InChI=1S/C42H60N6O2/c1-47-23-19-31(20-24-47)37-29-43-39-17-15-33(27-35(37)39)45-41(49)13-11-9-7-5-3-4-6-8-10-12-14-42(50)46-34-16-18-40-36(28-34)38(30-44-40)32-21-25-48(2)26-22-32/h15-18,27-32,43-44H,3-14,19-26H2,1-2H3,(H,45,49)(H,46,50). The molecule has 0 bridgehead atoms. The normalized spacial score (nSPS) is 16.8. The van der Waals surface area contributed by atoms with Crippen molar-refractivity contribution in [1.29, 1.82) is 0 Å². The first kappa shape index (κ1) is 36.2. The molecule has 4 N–H and O–H groups in total. The highest BCUT2D eigenvalue weighted by Crippen LogP contribution is 2.35. The number of rotatable bonds is 17. The fourth-order valence-corrected chi connectivity index (χ4v) is 8.19. The number of aromatic nitrogens is 2. The molecule has 0 saturated carbocycles. The second kappa shape index (κ2) is 18.0. The summed E-state index contributed by atoms with van der Waals surface area (Å²) in [5, 5.41) is 8.79. The molecule has 0 unspecified atom stereocenters. The van der Waals surface area contributed by atoms with Crippen LogP contribution >= 0.6 is 0 Å². The number of aromatic amines is 2. The van der Waals surface area contributed by atoms with E-state index in [1.165, 1.54) is 86.1 Å². The molecule has 0 aliphatic carbocycles. The largest absolute Gasteiger partial charge is 0.361 e. The highest BCUT2D eigenvalue weighted by molar-refractivity contribution is 5.95. The van der Waals surface area contributed by atoms with E-state index in [1.54, 1.807) is 0 Å². The van der Waals surface area contributed by atoms with E-state index in [9.17, 15) is 9.59 Å². The van der Waals surface area contributed by atoms with E-state index < -0.39 is 0 Å². The Labute approximate surface area is 299 Å². The first-order valence-electron chi connectivity index (χ1n) is 19.6. The van der Waals surface area contributed by atoms with Crippen molar-refractivity contribution in [3.8, 4) is 0 Å². The van der Waals surface area contributed by atoms with Gasteiger partial charge < -0.3 is 30.4 Å². The monoisotopic (exact) mass is 680 g/mol. The third-order valence-electron chi connectivity index (χ3n) is 11.4. The molecule has 4 heterocycles. The van der Waals surface area contributed by atoms with E-state index >= 15 is 0 Å². The number of fused-ring (bicyclic) bond motifs is 2. The number of likely N-dealkylation sites (tertiary alicyclic amines) is 2. The van der Waals surface area contributed by atoms with Crippen molar-refractivity contribution in [2.75, 3.05) is 50.9 Å². The van der Waals surface area contributed by atoms with E-state index in [-0.39, 0.29) is 11.8 Å². The van der Waals surface area contributed by atoms with Gasteiger partial charge in [-0.15, -0.1) is 0 Å². The summed E-state index contributed by atoms with van der Waals surface area (Å²) in [7, 11) is 4.40. The number of H-pyrrole nitrogens is 2. The van der Waals surface area contributed by atoms with E-state index in [0.29, 0.717) is 24.7 Å². The lowest BCUT2D eigenvalue weighted by molar-refractivity contribution is -0.117. The Morgan fingerprint density at radius 1 is 0.580 bits per heavy atom. The zero-order valence-corrected chi connectivity index (χ0v) is 30.6. The van der Waals surface area contributed by atoms with Gasteiger partial charge in [0.15, 0.2) is 0 Å². The molecule has 50 heavy (non-hydrogen) atoms. The summed E-state index contributed by atoms with van der Waals surface area (Å²) in [4.78, 5) is 37.0. The lowest BCUT2D eigenvalue weighted by atomic mass is 9.89. The smallest absolute Gasteiger partial charge is 0.224 e. The Hall–Kier alpha value is -3.62. The third-order valence-corrected chi connectivity index (χ3v) is 11.4. The number of carbonyl (C=O) groups excluding carboxylic acids is 2. The molecule has 2 amide bonds. The maximum atomic E-state index is 12.7. The van der Waals surface area contributed by atoms with Crippen LogP contribution in [0.4, 0.5) is 11.4 Å². The Morgan fingerprint density at radius 2 is 0.940 bits per heavy atom. The molecule has 6 rings (SSSR count). The molecule has 0 radical (unpaired) electrons. The Balaban J connectivity index is 0.784. The Morgan fingerprint density at radius 3 is 1.32 bits per heavy atom. The number of benzene rings is 2. The average Bonchev–Trinajstić information content (AvgIpc) is 3.73. The zero-order chi connectivity index (χ0) is 34.7. The van der Waals surface area contributed by atoms with Gasteiger partial charge in [-0.2, -0.15) is 0 Å². The highest BCUT2D eigenvalue weighted by atomic mass is 16.2. The van der Waals surface area contributed by atoms with E-state index in [1.807, 2.05) is 12.1 Å². The van der Waals surface area contributed by atoms with Gasteiger partial charge in [0.25, 0.3) is 0 Å². The number of hydrogen-bond donors (Lipinski definition) is 4. The Kier molecular flexibility index (Phi) is 13.1. The molecule has 0 spiro atoms. The number of piperidine rings is 2. The topological polar surface area (TPSA) is 96.3 Å². The van der Waals surface area contributed by atoms with Gasteiger partial charge in [0.05, 0.1) is 0 Å². The molecular formula is C42H60N6O2. The van der Waals surface area contributed by atoms with Gasteiger partial charge in [-0.3, -0.25) is 9.59 Å². The summed E-state index contributed by atoms with van der Waals surface area (Å²) in [6, 6.07) is 12.5. The lowest BCUT2D eigenvalue weighted by Gasteiger charge is -2.28. The average molecular weight is 681 g/mol. The van der Waals surface area contributed by atoms with Crippen molar-refractivity contribution < 1.29 is 9.59 Å². The Bertz CT molecular complexity index is 1550. The van der Waals surface area contributed by atoms with Crippen molar-refractivity contribution in [1.82, 2.24) is 19.8 Å². The van der Waals surface area contributed by atoms with E-state index in [4.69, 9.17) is 0 Å². The lowest BCUT2D eigenvalue weighted by Crippen LogP contribution is -2.29. The molecular weight excluding hydrogens is 621 g/mol. The van der Waals surface area contributed by atoms with Gasteiger partial charge in [-0.25, -0.2) is 0 Å². The van der Waals surface area contributed by atoms with Crippen molar-refractivity contribution in [3.63, 3.8) is 0 Å². The summed E-state index contributed by atoms with van der Waals surface area (Å²) in [6.07, 6.45) is 21.7. The number of anilines is 2. The minimum atomic E-state index is 0.119. The van der Waals surface area contributed by atoms with Crippen LogP contribution in [0.2, 0.25) is 0 Å². The number of hydrogen-bond acceptors (Lipinski definition) is 4. The molecule has 2 aliphatic rings. The minimum Gasteiger partial charge on any atom is -0.361 e. The molecule has 8 heteroatoms. The summed E-state index contributed by atoms with van der Waals surface area (Å²) >= 11 is 0. The first-order valence-corrected chi connectivity index (χ1v) is 19.6. The third kappa shape index (κ3) is 10.0. The minimum absolute atomic E-state index is 0.119. The van der Waals surface area contributed by atoms with E-state index in [2.05, 4.69) is 81.2 Å². The van der Waals surface area contributed by atoms with Crippen molar-refractivity contribution in [2.24, 2.45) is 0 Å². The number of nitrogens with zero attached hydrogens (tertiary/aromatic N) is 2. The molecule has 2 aromatic carbocycles. The molecule has 270 valence electrons. The zero-order valence-electron chi connectivity index (χ0n) is 30.6. The van der Waals surface area contributed by atoms with Crippen LogP contribution in [0.15, 0.2) is 48.8 Å². The quantitative estimate of drug-likeness (QED) is 0.0836. The molecule has 2 aliphatic heterocycles. The fourth-order valence-electron chi connectivity index (χ4n) is 8.19. The molecule has 8 nitrogen and oxygen atoms in total. The molecule has 4 aromatic rings. The van der Waals surface area contributed by atoms with Gasteiger partial charge in [0.2, 0.25) is 11.8 Å². The van der Waals surface area contributed by atoms with Gasteiger partial charge >= 0.3 is 0 Å². The molecule has 0 atom stereocenters. The summed E-state index contributed by atoms with van der Waals surface area (Å²) in [5.41, 5.74) is 6.90. The van der Waals surface area contributed by atoms with Crippen molar-refractivity contribution in [2.45, 2.75) is 115 Å². The van der Waals surface area contributed by atoms with Gasteiger partial charge in [-0.05, 0) is 138 Å². The van der Waals surface area contributed by atoms with E-state index in [0.717, 1.165) is 74.3 Å². The predicted octanol–water partition coefficient (Wildman–Crippen LogP) is 9.53. The summed E-state index contributed by atoms with van der Waals surface area (Å²) < 4.78 is 0. The summed E-state index contributed by atoms with van der Waals surface area (Å²) in [6.45, 7) is 4.57. The highest BCUT2D eigenvalue weighted by Gasteiger charge is 2.22. The number of carbonyl (C=O) groups is 2. The van der Waals surface area contributed by atoms with Crippen LogP contribution in [0.25, 0.3) is 21.8 Å². The molecule has 2 saturated heterocycles. The van der Waals surface area contributed by atoms with Crippen LogP contribution in [0.3, 0.4) is 0 Å². The number of nitrogens with one attached hydrogen (secondary N) is 4. The maximum absolute atomic E-state index is 12.7. The number of amides is 2. The molecule has 2 fully saturated rings. The first-order chi connectivity index (χ1) is 24.4. The summed E-state index contributed by atoms with van der Waals surface area (Å²) in [5.74, 6) is 1.41. The fraction of sp³-hybridized carbons (Fsp3) is 0.571. The molecule has 2 aromatic heterocycles. The maximum Gasteiger partial charge on any atom is 0.224 e. The SMILES string of the molecule is CN1CCC(c2c[nH]c3ccc(NC(=O)CCCCCCCCCCCCC(=O)Nc4ccc5[nH]cc(C6CCN(C)CC6)c5c4)cc23)CC1. The predicted molar refractivity (Wildman–Crippen MR) is 208 cm³/mol. The van der Waals surface area contributed by atoms with Crippen LogP contribution in [0.5, 0.6) is 0 Å². The van der Waals surface area contributed by atoms with Crippen LogP contribution in [0, 0.1) is 0 Å². The van der Waals surface area contributed by atoms with Crippen molar-refractivity contribution in [3.05, 3.63) is 59.9 Å². The number of unbranched alkanes of at least 4 members (excludes halogenated alkanes) is 9. The van der Waals surface area contributed by atoms with Gasteiger partial charge in [0, 0.05) is 58.4 Å². The second-order valence-electron chi connectivity index (χ2n) is 15.3. The van der Waals surface area contributed by atoms with Crippen LogP contribution in [-0.4, -0.2) is 71.9 Å². The van der Waals surface area contributed by atoms with Gasteiger partial charge in [-0.1, -0.05) is 51.4 Å². The van der Waals surface area contributed by atoms with Crippen LogP contribution in [-0.2, 0) is 9.59 Å². The van der Waals surface area contributed by atoms with Crippen molar-refractivity contribution >= 4 is 45.0 Å². The van der Waals surface area contributed by atoms with Gasteiger partial charge in [0.1, 0.15) is 0 Å². The van der Waals surface area contributed by atoms with Crippen LogP contribution < -0.4 is 10.6 Å². The van der Waals surface area contributed by atoms with Crippen LogP contribution in [0.1, 0.15) is 126 Å².